The predicted octanol–water partition coefficient (Wildman–Crippen LogP) is 3.69. The van der Waals surface area contributed by atoms with Crippen LogP contribution >= 0.6 is 0 Å². The van der Waals surface area contributed by atoms with Crippen molar-refractivity contribution < 1.29 is 38.1 Å². The molecule has 2 fully saturated rings. The van der Waals surface area contributed by atoms with E-state index >= 15 is 0 Å². The molecular formula is C31H38N4O8. The average Bonchev–Trinajstić information content (AvgIpc) is 3.30. The van der Waals surface area contributed by atoms with Crippen LogP contribution in [0.4, 0.5) is 4.79 Å². The van der Waals surface area contributed by atoms with Crippen molar-refractivity contribution in [3.05, 3.63) is 48.0 Å². The number of piperidine rings is 1. The zero-order chi connectivity index (χ0) is 30.7. The highest BCUT2D eigenvalue weighted by Crippen LogP contribution is 2.31. The number of imidazole rings is 1. The number of hydrogen-bond acceptors (Lipinski definition) is 9. The molecule has 3 amide bonds. The van der Waals surface area contributed by atoms with E-state index in [9.17, 15) is 14.4 Å². The molecule has 2 atom stereocenters. The maximum atomic E-state index is 13.3. The minimum absolute atomic E-state index is 0.149. The first kappa shape index (κ1) is 30.1. The van der Waals surface area contributed by atoms with Crippen molar-refractivity contribution in [2.24, 2.45) is 7.05 Å². The van der Waals surface area contributed by atoms with E-state index in [1.807, 2.05) is 51.1 Å². The van der Waals surface area contributed by atoms with Crippen LogP contribution in [0, 0.1) is 0 Å². The van der Waals surface area contributed by atoms with Crippen LogP contribution in [0.15, 0.2) is 42.5 Å². The fourth-order valence-corrected chi connectivity index (χ4v) is 5.05. The second kappa shape index (κ2) is 12.5. The van der Waals surface area contributed by atoms with Crippen LogP contribution in [0.1, 0.15) is 39.2 Å². The number of aryl methyl sites for hydroxylation is 1. The lowest BCUT2D eigenvalue weighted by atomic mass is 10.1. The number of carbonyl (C=O) groups is 3. The third-order valence-corrected chi connectivity index (χ3v) is 7.24. The molecule has 0 spiro atoms. The zero-order valence-electron chi connectivity index (χ0n) is 25.2. The Morgan fingerprint density at radius 1 is 1.12 bits per heavy atom. The quantitative estimate of drug-likeness (QED) is 0.360. The summed E-state index contributed by atoms with van der Waals surface area (Å²) in [7, 11) is 3.36. The predicted molar refractivity (Wildman–Crippen MR) is 156 cm³/mol. The highest BCUT2D eigenvalue weighted by atomic mass is 16.6. The molecule has 12 nitrogen and oxygen atoms in total. The lowest BCUT2D eigenvalue weighted by molar-refractivity contribution is -0.155. The van der Waals surface area contributed by atoms with Gasteiger partial charge in [-0.05, 0) is 50.6 Å². The number of morpholine rings is 1. The first-order chi connectivity index (χ1) is 20.5. The summed E-state index contributed by atoms with van der Waals surface area (Å²) in [6, 6.07) is 13.0. The highest BCUT2D eigenvalue weighted by Gasteiger charge is 2.37. The van der Waals surface area contributed by atoms with Crippen LogP contribution < -0.4 is 14.2 Å². The summed E-state index contributed by atoms with van der Waals surface area (Å²) in [5.41, 5.74) is 1.54. The van der Waals surface area contributed by atoms with Gasteiger partial charge in [-0.3, -0.25) is 19.1 Å². The second-order valence-corrected chi connectivity index (χ2v) is 11.6. The molecule has 2 aliphatic rings. The van der Waals surface area contributed by atoms with Gasteiger partial charge in [0.15, 0.2) is 6.10 Å². The van der Waals surface area contributed by atoms with Gasteiger partial charge >= 0.3 is 6.09 Å². The summed E-state index contributed by atoms with van der Waals surface area (Å²) in [5.74, 6) is 0.614. The van der Waals surface area contributed by atoms with Crippen molar-refractivity contribution in [3.8, 4) is 17.5 Å². The Balaban J connectivity index is 1.25. The molecule has 12 heteroatoms. The van der Waals surface area contributed by atoms with Crippen LogP contribution in [0.2, 0.25) is 0 Å². The number of nitrogens with zero attached hydrogens (tertiary/aromatic N) is 4. The van der Waals surface area contributed by atoms with E-state index < -0.39 is 17.6 Å². The highest BCUT2D eigenvalue weighted by molar-refractivity contribution is 6.00. The standard InChI is InChI=1S/C31H38N4O8/c1-31(2,3)43-30(38)34-15-16-40-22(18-34)19-41-24-8-6-7-23-27(24)33(4)29(32-23)42-25-13-14-26(36)35(28(25)37)17-20-9-11-21(39-5)12-10-20/h6-12,22,25H,13-19H2,1-5H3/t22-,25?/m1/s1. The van der Waals surface area contributed by atoms with Gasteiger partial charge in [0.1, 0.15) is 35.3 Å². The van der Waals surface area contributed by atoms with Gasteiger partial charge in [0.25, 0.3) is 11.9 Å². The molecule has 3 aromatic rings. The van der Waals surface area contributed by atoms with Gasteiger partial charge < -0.3 is 28.6 Å². The number of likely N-dealkylation sites (tertiary alicyclic amines) is 1. The normalized spacial score (nSPS) is 19.5. The number of imide groups is 1. The van der Waals surface area contributed by atoms with Crippen molar-refractivity contribution in [2.45, 2.75) is 58.0 Å². The Bertz CT molecular complexity index is 1480. The van der Waals surface area contributed by atoms with Gasteiger partial charge in [-0.1, -0.05) is 18.2 Å². The van der Waals surface area contributed by atoms with Crippen molar-refractivity contribution in [2.75, 3.05) is 33.4 Å². The van der Waals surface area contributed by atoms with E-state index in [0.717, 1.165) is 5.56 Å². The number of rotatable bonds is 8. The lowest BCUT2D eigenvalue weighted by Crippen LogP contribution is -2.49. The second-order valence-electron chi connectivity index (χ2n) is 11.6. The number of para-hydroxylation sites is 1. The maximum absolute atomic E-state index is 13.3. The average molecular weight is 595 g/mol. The van der Waals surface area contributed by atoms with Gasteiger partial charge in [0.05, 0.1) is 32.3 Å². The molecule has 2 aliphatic heterocycles. The molecule has 0 aliphatic carbocycles. The van der Waals surface area contributed by atoms with Crippen LogP contribution in [-0.2, 0) is 32.7 Å². The van der Waals surface area contributed by atoms with Crippen molar-refractivity contribution in [1.29, 1.82) is 0 Å². The summed E-state index contributed by atoms with van der Waals surface area (Å²) in [6.07, 6.45) is -1.12. The summed E-state index contributed by atoms with van der Waals surface area (Å²) in [4.78, 5) is 46.0. The Hall–Kier alpha value is -4.32. The molecule has 2 aromatic carbocycles. The smallest absolute Gasteiger partial charge is 0.410 e. The molecule has 1 aromatic heterocycles. The minimum atomic E-state index is -0.856. The topological polar surface area (TPSA) is 122 Å². The third kappa shape index (κ3) is 7.02. The van der Waals surface area contributed by atoms with Crippen LogP contribution in [0.25, 0.3) is 11.0 Å². The summed E-state index contributed by atoms with van der Waals surface area (Å²) < 4.78 is 30.5. The number of ether oxygens (including phenoxy) is 5. The van der Waals surface area contributed by atoms with Crippen molar-refractivity contribution >= 4 is 28.9 Å². The fraction of sp³-hybridized carbons (Fsp3) is 0.484. The van der Waals surface area contributed by atoms with E-state index in [2.05, 4.69) is 4.98 Å². The largest absolute Gasteiger partial charge is 0.497 e. The molecule has 1 unspecified atom stereocenters. The van der Waals surface area contributed by atoms with E-state index in [-0.39, 0.29) is 50.1 Å². The van der Waals surface area contributed by atoms with E-state index in [1.54, 1.807) is 35.8 Å². The van der Waals surface area contributed by atoms with Gasteiger partial charge in [-0.15, -0.1) is 0 Å². The molecule has 2 saturated heterocycles. The van der Waals surface area contributed by atoms with E-state index in [1.165, 1.54) is 4.90 Å². The summed E-state index contributed by atoms with van der Waals surface area (Å²) in [6.45, 7) is 7.04. The Morgan fingerprint density at radius 3 is 2.60 bits per heavy atom. The number of amides is 3. The SMILES string of the molecule is COc1ccc(CN2C(=O)CCC(Oc3nc4cccc(OC[C@H]5CN(C(=O)OC(C)(C)C)CCO5)c4n3C)C2=O)cc1. The lowest BCUT2D eigenvalue weighted by Gasteiger charge is -2.34. The Labute approximate surface area is 250 Å². The van der Waals surface area contributed by atoms with E-state index in [4.69, 9.17) is 23.7 Å². The molecular weight excluding hydrogens is 556 g/mol. The van der Waals surface area contributed by atoms with Crippen LogP contribution in [0.5, 0.6) is 17.5 Å². The maximum Gasteiger partial charge on any atom is 0.410 e. The van der Waals surface area contributed by atoms with Gasteiger partial charge in [-0.2, -0.15) is 4.98 Å². The van der Waals surface area contributed by atoms with Gasteiger partial charge in [0.2, 0.25) is 5.91 Å². The summed E-state index contributed by atoms with van der Waals surface area (Å²) >= 11 is 0. The molecule has 0 bridgehead atoms. The molecule has 0 saturated carbocycles. The van der Waals surface area contributed by atoms with Gasteiger partial charge in [0, 0.05) is 26.4 Å². The van der Waals surface area contributed by atoms with Crippen LogP contribution in [-0.4, -0.2) is 88.5 Å². The molecule has 5 rings (SSSR count). The molecule has 230 valence electrons. The Morgan fingerprint density at radius 2 is 1.88 bits per heavy atom. The minimum Gasteiger partial charge on any atom is -0.497 e. The third-order valence-electron chi connectivity index (χ3n) is 7.24. The summed E-state index contributed by atoms with van der Waals surface area (Å²) in [5, 5.41) is 0. The first-order valence-electron chi connectivity index (χ1n) is 14.3. The number of fused-ring (bicyclic) bond motifs is 1. The zero-order valence-corrected chi connectivity index (χ0v) is 25.2. The molecule has 0 N–H and O–H groups in total. The fourth-order valence-electron chi connectivity index (χ4n) is 5.05. The van der Waals surface area contributed by atoms with E-state index in [0.29, 0.717) is 42.2 Å². The first-order valence-corrected chi connectivity index (χ1v) is 14.3. The number of carbonyl (C=O) groups excluding carboxylic acids is 3. The number of aromatic nitrogens is 2. The number of methoxy groups -OCH3 is 1. The number of benzene rings is 2. The Kier molecular flexibility index (Phi) is 8.77. The molecule has 0 radical (unpaired) electrons. The van der Waals surface area contributed by atoms with Crippen molar-refractivity contribution in [3.63, 3.8) is 0 Å². The molecule has 3 heterocycles. The van der Waals surface area contributed by atoms with Crippen molar-refractivity contribution in [1.82, 2.24) is 19.4 Å². The van der Waals surface area contributed by atoms with Gasteiger partial charge in [-0.25, -0.2) is 4.79 Å². The monoisotopic (exact) mass is 594 g/mol. The molecule has 43 heavy (non-hydrogen) atoms. The number of hydrogen-bond donors (Lipinski definition) is 0. The van der Waals surface area contributed by atoms with Crippen LogP contribution in [0.3, 0.4) is 0 Å².